The highest BCUT2D eigenvalue weighted by Crippen LogP contribution is 2.08. The molecule has 2 aromatic rings. The Kier molecular flexibility index (Phi) is 23.1. The molecule has 0 unspecified atom stereocenters. The summed E-state index contributed by atoms with van der Waals surface area (Å²) in [5, 5.41) is 0. The molecule has 0 saturated heterocycles. The summed E-state index contributed by atoms with van der Waals surface area (Å²) in [4.78, 5) is 71.7. The Balaban J connectivity index is 0. The van der Waals surface area contributed by atoms with E-state index in [2.05, 4.69) is 33.5 Å². The van der Waals surface area contributed by atoms with Crippen molar-refractivity contribution in [2.24, 2.45) is 0 Å². The van der Waals surface area contributed by atoms with Crippen LogP contribution in [-0.2, 0) is 51.6 Å². The topological polar surface area (TPSA) is 214 Å². The van der Waals surface area contributed by atoms with E-state index in [-0.39, 0.29) is 38.4 Å². The third kappa shape index (κ3) is 17.4. The van der Waals surface area contributed by atoms with Crippen molar-refractivity contribution >= 4 is 42.3 Å². The summed E-state index contributed by atoms with van der Waals surface area (Å²) in [6, 6.07) is 11.4. The lowest BCUT2D eigenvalue weighted by Crippen LogP contribution is -2.14. The highest BCUT2D eigenvalue weighted by Gasteiger charge is 2.12. The van der Waals surface area contributed by atoms with Crippen molar-refractivity contribution in [3.05, 3.63) is 70.8 Å². The molecule has 0 atom stereocenters. The molecule has 0 spiro atoms. The molecule has 42 heavy (non-hydrogen) atoms. The summed E-state index contributed by atoms with van der Waals surface area (Å²) in [7, 11) is -0.385. The molecule has 0 saturated carbocycles. The molecule has 0 aliphatic heterocycles. The van der Waals surface area contributed by atoms with Crippen LogP contribution in [0.4, 0.5) is 0 Å². The van der Waals surface area contributed by atoms with Gasteiger partial charge < -0.3 is 23.4 Å². The van der Waals surface area contributed by atoms with Crippen molar-refractivity contribution in [3.63, 3.8) is 0 Å². The van der Waals surface area contributed by atoms with Gasteiger partial charge >= 0.3 is 42.3 Å². The number of esters is 2. The van der Waals surface area contributed by atoms with Crippen LogP contribution in [0, 0.1) is 0 Å². The number of ether oxygens (including phenoxy) is 3. The molecule has 0 heterocycles. The van der Waals surface area contributed by atoms with Crippen molar-refractivity contribution in [1.29, 1.82) is 0 Å². The maximum Gasteiger partial charge on any atom is 0.764 e. The lowest BCUT2D eigenvalue weighted by atomic mass is 10.1. The third-order valence-corrected chi connectivity index (χ3v) is 4.57. The lowest BCUT2D eigenvalue weighted by Gasteiger charge is -2.04. The molecule has 0 aliphatic rings. The van der Waals surface area contributed by atoms with Gasteiger partial charge in [0.05, 0.1) is 43.1 Å². The van der Waals surface area contributed by atoms with Crippen molar-refractivity contribution in [3.8, 4) is 0 Å². The fourth-order valence-electron chi connectivity index (χ4n) is 2.29. The van der Waals surface area contributed by atoms with E-state index in [1.807, 2.05) is 0 Å². The largest absolute Gasteiger partial charge is 0.764 e. The predicted octanol–water partition coefficient (Wildman–Crippen LogP) is 1.21. The number of benzene rings is 2. The van der Waals surface area contributed by atoms with Gasteiger partial charge in [-0.3, -0.25) is 23.2 Å². The molecule has 1 N–H and O–H groups in total. The number of carbonyl (C=O) groups is 4. The average molecular weight is 631 g/mol. The second kappa shape index (κ2) is 24.4. The Hall–Kier alpha value is -4.37. The molecule has 0 aromatic heterocycles. The molecular weight excluding hydrogens is 600 g/mol. The number of methoxy groups -OCH3 is 3. The predicted molar refractivity (Wildman–Crippen MR) is 139 cm³/mol. The Bertz CT molecular complexity index is 1150. The normalized spacial score (nSPS) is 9.02. The summed E-state index contributed by atoms with van der Waals surface area (Å²) in [6.07, 6.45) is 0. The van der Waals surface area contributed by atoms with Crippen molar-refractivity contribution in [2.75, 3.05) is 47.8 Å². The smallest absolute Gasteiger partial charge is 0.511 e. The Labute approximate surface area is 244 Å². The molecule has 2 aromatic carbocycles. The summed E-state index contributed by atoms with van der Waals surface area (Å²) in [5.74, 6) is -2.38. The minimum absolute atomic E-state index is 0. The van der Waals surface area contributed by atoms with Crippen LogP contribution >= 0.6 is 0 Å². The fraction of sp³-hybridized carbons (Fsp3) is 0.333. The lowest BCUT2D eigenvalue weighted by molar-refractivity contribution is -0.246. The van der Waals surface area contributed by atoms with Gasteiger partial charge in [0.15, 0.2) is 0 Å². The van der Waals surface area contributed by atoms with E-state index in [9.17, 15) is 23.6 Å². The van der Waals surface area contributed by atoms with Gasteiger partial charge in [0, 0.05) is 7.11 Å². The van der Waals surface area contributed by atoms with E-state index in [4.69, 9.17) is 18.5 Å². The molecule has 18 heteroatoms. The van der Waals surface area contributed by atoms with Gasteiger partial charge in [-0.15, -0.1) is 0 Å². The van der Waals surface area contributed by atoms with Crippen LogP contribution in [0.2, 0.25) is 0 Å². The van der Waals surface area contributed by atoms with Gasteiger partial charge in [0.1, 0.15) is 19.8 Å². The van der Waals surface area contributed by atoms with Crippen LogP contribution in [0.25, 0.3) is 0 Å². The highest BCUT2D eigenvalue weighted by atomic mass is 28.3. The fourth-order valence-corrected chi connectivity index (χ4v) is 2.55. The van der Waals surface area contributed by atoms with Crippen LogP contribution in [0.5, 0.6) is 0 Å². The van der Waals surface area contributed by atoms with E-state index < -0.39 is 42.3 Å². The monoisotopic (exact) mass is 630 g/mol. The molecule has 0 amide bonds. The Morgan fingerprint density at radius 3 is 1.24 bits per heavy atom. The molecule has 0 radical (unpaired) electrons. The van der Waals surface area contributed by atoms with Gasteiger partial charge in [0.25, 0.3) is 0 Å². The van der Waals surface area contributed by atoms with E-state index in [1.165, 1.54) is 69.9 Å². The van der Waals surface area contributed by atoms with E-state index in [1.54, 1.807) is 0 Å². The molecule has 2 rings (SSSR count). The maximum atomic E-state index is 11.5. The standard InChI is InChI=1S/C12H14O6.C11H12O8Si.CH4.O2Si/c1-15-7-8-17-18-12(14)10-5-3-9(4-6-10)11(13)16-2;1-16-10(12)8-2-4-9(5-3-8)11(13)19-17-6-7-18-20(14)15;;1-3-2/h3-6H,7-8H2,1-2H3;2-5,14H,6-7H2,1H3;1H4;. The quantitative estimate of drug-likeness (QED) is 0.108. The first-order valence-corrected chi connectivity index (χ1v) is 13.1. The minimum Gasteiger partial charge on any atom is -0.511 e. The van der Waals surface area contributed by atoms with Gasteiger partial charge in [-0.1, -0.05) is 7.43 Å². The third-order valence-electron chi connectivity index (χ3n) is 4.12. The minimum atomic E-state index is -3.02. The summed E-state index contributed by atoms with van der Waals surface area (Å²) >= 11 is 0. The van der Waals surface area contributed by atoms with Gasteiger partial charge in [0.2, 0.25) is 0 Å². The summed E-state index contributed by atoms with van der Waals surface area (Å²) < 4.78 is 45.1. The van der Waals surface area contributed by atoms with Crippen LogP contribution in [0.1, 0.15) is 48.9 Å². The highest BCUT2D eigenvalue weighted by molar-refractivity contribution is 6.24. The van der Waals surface area contributed by atoms with Crippen LogP contribution in [0.15, 0.2) is 48.5 Å². The molecule has 16 nitrogen and oxygen atoms in total. The van der Waals surface area contributed by atoms with Gasteiger partial charge in [-0.05, 0) is 48.5 Å². The molecule has 0 aliphatic carbocycles. The van der Waals surface area contributed by atoms with E-state index >= 15 is 0 Å². The van der Waals surface area contributed by atoms with Crippen LogP contribution < -0.4 is 0 Å². The average Bonchev–Trinajstić information content (AvgIpc) is 2.98. The van der Waals surface area contributed by atoms with Gasteiger partial charge in [-0.2, -0.15) is 9.78 Å². The van der Waals surface area contributed by atoms with Crippen molar-refractivity contribution < 1.29 is 75.5 Å². The second-order valence-electron chi connectivity index (χ2n) is 6.71. The van der Waals surface area contributed by atoms with Crippen LogP contribution in [0.3, 0.4) is 0 Å². The Morgan fingerprint density at radius 2 is 0.952 bits per heavy atom. The number of hydrogen-bond donors (Lipinski definition) is 1. The first-order valence-electron chi connectivity index (χ1n) is 11.0. The number of hydrogen-bond acceptors (Lipinski definition) is 15. The van der Waals surface area contributed by atoms with E-state index in [0.717, 1.165) is 0 Å². The molecule has 0 bridgehead atoms. The molecule has 230 valence electrons. The molecule has 0 fully saturated rings. The Morgan fingerprint density at radius 1 is 0.643 bits per heavy atom. The zero-order valence-corrected chi connectivity index (χ0v) is 24.0. The molecular formula is C24H30O16Si2. The van der Waals surface area contributed by atoms with Crippen molar-refractivity contribution in [2.45, 2.75) is 7.43 Å². The summed E-state index contributed by atoms with van der Waals surface area (Å²) in [5.41, 5.74) is 1.11. The SMILES string of the molecule is C.COC(=O)c1ccc(C(=O)OOCCO[Si](=O)O)cc1.COCCOOC(=O)c1ccc(C(=O)OC)cc1.O=[Si]=O. The zero-order chi connectivity index (χ0) is 31.0. The zero-order valence-electron chi connectivity index (χ0n) is 22.0. The first kappa shape index (κ1) is 39.8. The van der Waals surface area contributed by atoms with Gasteiger partial charge in [-0.25, -0.2) is 19.2 Å². The second-order valence-corrected chi connectivity index (χ2v) is 7.70. The number of rotatable bonds is 13. The van der Waals surface area contributed by atoms with Crippen molar-refractivity contribution in [1.82, 2.24) is 0 Å². The first-order chi connectivity index (χ1) is 19.6. The van der Waals surface area contributed by atoms with Crippen LogP contribution in [-0.4, -0.2) is 94.9 Å². The number of carbonyl (C=O) groups excluding carboxylic acids is 4. The van der Waals surface area contributed by atoms with E-state index in [0.29, 0.717) is 17.7 Å². The summed E-state index contributed by atoms with van der Waals surface area (Å²) in [6.45, 7) is 0.128. The maximum absolute atomic E-state index is 11.5.